The molecule has 0 radical (unpaired) electrons. The number of pyridine rings is 1. The van der Waals surface area contributed by atoms with Crippen LogP contribution in [-0.2, 0) is 11.3 Å². The van der Waals surface area contributed by atoms with Crippen molar-refractivity contribution in [2.75, 3.05) is 0 Å². The first-order valence-corrected chi connectivity index (χ1v) is 8.09. The molecule has 3 rings (SSSR count). The second-order valence-electron chi connectivity index (χ2n) is 6.37. The highest BCUT2D eigenvalue weighted by molar-refractivity contribution is 5.92. The number of esters is 1. The van der Waals surface area contributed by atoms with Crippen LogP contribution in [0.5, 0.6) is 0 Å². The van der Waals surface area contributed by atoms with Crippen molar-refractivity contribution in [3.63, 3.8) is 0 Å². The average molecular weight is 336 g/mol. The van der Waals surface area contributed by atoms with E-state index in [0.29, 0.717) is 16.9 Å². The fraction of sp³-hybridized carbons (Fsp3) is 0.250. The zero-order valence-electron chi connectivity index (χ0n) is 14.8. The van der Waals surface area contributed by atoms with Crippen LogP contribution in [-0.4, -0.2) is 15.4 Å². The van der Waals surface area contributed by atoms with Gasteiger partial charge in [-0.1, -0.05) is 23.8 Å². The third-order valence-corrected chi connectivity index (χ3v) is 4.09. The zero-order valence-corrected chi connectivity index (χ0v) is 14.8. The summed E-state index contributed by atoms with van der Waals surface area (Å²) in [6, 6.07) is 8.96. The molecule has 0 fully saturated rings. The molecule has 128 valence electrons. The van der Waals surface area contributed by atoms with Crippen LogP contribution in [0, 0.1) is 27.7 Å². The fourth-order valence-corrected chi connectivity index (χ4v) is 3.05. The molecule has 0 bridgehead atoms. The molecule has 25 heavy (non-hydrogen) atoms. The Balaban J connectivity index is 1.84. The smallest absolute Gasteiger partial charge is 0.339 e. The second-order valence-corrected chi connectivity index (χ2v) is 6.37. The van der Waals surface area contributed by atoms with Crippen LogP contribution in [0.2, 0.25) is 0 Å². The second kappa shape index (κ2) is 6.51. The summed E-state index contributed by atoms with van der Waals surface area (Å²) < 4.78 is 6.87. The standard InChI is InChI=1S/C20H20N2O3/c1-12-5-6-17-21-16(9-18(23)22(17)10-12)11-25-20(24)19-14(3)7-13(2)8-15(19)4/h5-10H,11H2,1-4H3. The SMILES string of the molecule is Cc1cc(C)c(C(=O)OCc2cc(=O)n3cc(C)ccc3n2)c(C)c1. The van der Waals surface area contributed by atoms with E-state index in [9.17, 15) is 9.59 Å². The highest BCUT2D eigenvalue weighted by atomic mass is 16.5. The minimum Gasteiger partial charge on any atom is -0.456 e. The van der Waals surface area contributed by atoms with Gasteiger partial charge >= 0.3 is 5.97 Å². The minimum atomic E-state index is -0.402. The molecule has 5 nitrogen and oxygen atoms in total. The molecule has 0 saturated heterocycles. The molecule has 5 heteroatoms. The topological polar surface area (TPSA) is 60.7 Å². The molecule has 0 unspecified atom stereocenters. The Bertz CT molecular complexity index is 1010. The van der Waals surface area contributed by atoms with Crippen LogP contribution >= 0.6 is 0 Å². The van der Waals surface area contributed by atoms with E-state index < -0.39 is 5.97 Å². The normalized spacial score (nSPS) is 10.9. The number of carbonyl (C=O) groups is 1. The molecule has 2 aromatic heterocycles. The third-order valence-electron chi connectivity index (χ3n) is 4.09. The Morgan fingerprint density at radius 3 is 2.40 bits per heavy atom. The quantitative estimate of drug-likeness (QED) is 0.689. The number of benzene rings is 1. The summed E-state index contributed by atoms with van der Waals surface area (Å²) in [4.78, 5) is 29.0. The molecule has 0 saturated carbocycles. The van der Waals surface area contributed by atoms with Crippen LogP contribution in [0.25, 0.3) is 5.65 Å². The van der Waals surface area contributed by atoms with Gasteiger partial charge in [-0.25, -0.2) is 9.78 Å². The lowest BCUT2D eigenvalue weighted by Gasteiger charge is -2.11. The van der Waals surface area contributed by atoms with Crippen molar-refractivity contribution in [2.45, 2.75) is 34.3 Å². The van der Waals surface area contributed by atoms with Crippen LogP contribution in [0.1, 0.15) is 38.3 Å². The number of carbonyl (C=O) groups excluding carboxylic acids is 1. The van der Waals surface area contributed by atoms with E-state index in [0.717, 1.165) is 22.3 Å². The number of rotatable bonds is 3. The summed E-state index contributed by atoms with van der Waals surface area (Å²) in [7, 11) is 0. The summed E-state index contributed by atoms with van der Waals surface area (Å²) in [6.45, 7) is 7.64. The summed E-state index contributed by atoms with van der Waals surface area (Å²) in [5.74, 6) is -0.402. The molecule has 0 spiro atoms. The minimum absolute atomic E-state index is 0.0365. The molecule has 0 aliphatic carbocycles. The van der Waals surface area contributed by atoms with Gasteiger partial charge in [-0.15, -0.1) is 0 Å². The number of hydrogen-bond acceptors (Lipinski definition) is 4. The predicted molar refractivity (Wildman–Crippen MR) is 96.0 cm³/mol. The maximum atomic E-state index is 12.4. The van der Waals surface area contributed by atoms with Crippen molar-refractivity contribution >= 4 is 11.6 Å². The van der Waals surface area contributed by atoms with Gasteiger partial charge in [0.25, 0.3) is 5.56 Å². The molecule has 2 heterocycles. The van der Waals surface area contributed by atoms with Crippen LogP contribution in [0.15, 0.2) is 41.3 Å². The van der Waals surface area contributed by atoms with Gasteiger partial charge in [0.15, 0.2) is 0 Å². The molecule has 0 atom stereocenters. The first-order valence-electron chi connectivity index (χ1n) is 8.09. The molecular weight excluding hydrogens is 316 g/mol. The Kier molecular flexibility index (Phi) is 4.40. The summed E-state index contributed by atoms with van der Waals surface area (Å²) >= 11 is 0. The van der Waals surface area contributed by atoms with Gasteiger partial charge in [0.05, 0.1) is 11.3 Å². The first-order chi connectivity index (χ1) is 11.8. The zero-order chi connectivity index (χ0) is 18.1. The Morgan fingerprint density at radius 2 is 1.72 bits per heavy atom. The lowest BCUT2D eigenvalue weighted by Crippen LogP contribution is -2.17. The maximum absolute atomic E-state index is 12.4. The monoisotopic (exact) mass is 336 g/mol. The van der Waals surface area contributed by atoms with Crippen molar-refractivity contribution in [3.05, 3.63) is 80.4 Å². The van der Waals surface area contributed by atoms with Crippen molar-refractivity contribution in [2.24, 2.45) is 0 Å². The van der Waals surface area contributed by atoms with E-state index >= 15 is 0 Å². The summed E-state index contributed by atoms with van der Waals surface area (Å²) in [6.07, 6.45) is 1.74. The summed E-state index contributed by atoms with van der Waals surface area (Å²) in [5.41, 5.74) is 5.18. The molecular formula is C20H20N2O3. The van der Waals surface area contributed by atoms with E-state index in [1.54, 1.807) is 12.3 Å². The average Bonchev–Trinajstić information content (AvgIpc) is 2.52. The van der Waals surface area contributed by atoms with Crippen LogP contribution in [0.4, 0.5) is 0 Å². The highest BCUT2D eigenvalue weighted by Gasteiger charge is 2.15. The van der Waals surface area contributed by atoms with Gasteiger partial charge in [0, 0.05) is 12.3 Å². The van der Waals surface area contributed by atoms with Gasteiger partial charge in [0.2, 0.25) is 0 Å². The van der Waals surface area contributed by atoms with E-state index in [4.69, 9.17) is 4.74 Å². The van der Waals surface area contributed by atoms with Crippen molar-refractivity contribution in [3.8, 4) is 0 Å². The van der Waals surface area contributed by atoms with Crippen LogP contribution < -0.4 is 5.56 Å². The molecule has 1 aromatic carbocycles. The number of aryl methyl sites for hydroxylation is 4. The summed E-state index contributed by atoms with van der Waals surface area (Å²) in [5, 5.41) is 0. The number of ether oxygens (including phenoxy) is 1. The Morgan fingerprint density at radius 1 is 1.04 bits per heavy atom. The maximum Gasteiger partial charge on any atom is 0.339 e. The van der Waals surface area contributed by atoms with Gasteiger partial charge in [-0.2, -0.15) is 0 Å². The van der Waals surface area contributed by atoms with Crippen molar-refractivity contribution in [1.29, 1.82) is 0 Å². The van der Waals surface area contributed by atoms with Crippen LogP contribution in [0.3, 0.4) is 0 Å². The van der Waals surface area contributed by atoms with Gasteiger partial charge in [0.1, 0.15) is 12.3 Å². The Labute approximate surface area is 145 Å². The number of fused-ring (bicyclic) bond motifs is 1. The molecule has 3 aromatic rings. The molecule has 0 amide bonds. The Hall–Kier alpha value is -2.95. The molecule has 0 aliphatic rings. The highest BCUT2D eigenvalue weighted by Crippen LogP contribution is 2.18. The van der Waals surface area contributed by atoms with Gasteiger partial charge in [-0.05, 0) is 50.5 Å². The van der Waals surface area contributed by atoms with Gasteiger partial charge < -0.3 is 4.74 Å². The van der Waals surface area contributed by atoms with Gasteiger partial charge in [-0.3, -0.25) is 9.20 Å². The van der Waals surface area contributed by atoms with Crippen molar-refractivity contribution in [1.82, 2.24) is 9.38 Å². The largest absolute Gasteiger partial charge is 0.456 e. The fourth-order valence-electron chi connectivity index (χ4n) is 3.05. The number of hydrogen-bond donors (Lipinski definition) is 0. The molecule has 0 N–H and O–H groups in total. The lowest BCUT2D eigenvalue weighted by atomic mass is 10.00. The number of aromatic nitrogens is 2. The first kappa shape index (κ1) is 16.9. The van der Waals surface area contributed by atoms with Crippen molar-refractivity contribution < 1.29 is 9.53 Å². The van der Waals surface area contributed by atoms with E-state index in [-0.39, 0.29) is 12.2 Å². The molecule has 0 aliphatic heterocycles. The predicted octanol–water partition coefficient (Wildman–Crippen LogP) is 3.29. The van der Waals surface area contributed by atoms with E-state index in [1.807, 2.05) is 45.9 Å². The number of nitrogens with zero attached hydrogens (tertiary/aromatic N) is 2. The van der Waals surface area contributed by atoms with E-state index in [1.165, 1.54) is 10.5 Å². The van der Waals surface area contributed by atoms with E-state index in [2.05, 4.69) is 4.98 Å². The lowest BCUT2D eigenvalue weighted by molar-refractivity contribution is 0.0466. The third kappa shape index (κ3) is 3.45.